The van der Waals surface area contributed by atoms with Crippen LogP contribution < -0.4 is 0 Å². The van der Waals surface area contributed by atoms with Crippen LogP contribution in [0, 0.1) is 13.8 Å². The highest BCUT2D eigenvalue weighted by molar-refractivity contribution is 5.94. The summed E-state index contributed by atoms with van der Waals surface area (Å²) in [5, 5.41) is 18.9. The zero-order valence-electron chi connectivity index (χ0n) is 24.0. The molecule has 0 aliphatic carbocycles. The molecule has 0 spiro atoms. The number of aryl methyl sites for hydroxylation is 5. The summed E-state index contributed by atoms with van der Waals surface area (Å²) in [4.78, 5) is 33.1. The van der Waals surface area contributed by atoms with E-state index in [1.807, 2.05) is 34.0 Å². The van der Waals surface area contributed by atoms with Crippen LogP contribution in [-0.2, 0) is 36.5 Å². The predicted molar refractivity (Wildman–Crippen MR) is 157 cm³/mol. The summed E-state index contributed by atoms with van der Waals surface area (Å²) in [6, 6.07) is 10.5. The van der Waals surface area contributed by atoms with Crippen LogP contribution in [0.1, 0.15) is 78.5 Å². The number of fused-ring (bicyclic) bond motifs is 8. The van der Waals surface area contributed by atoms with Crippen molar-refractivity contribution < 1.29 is 19.8 Å². The third kappa shape index (κ3) is 4.94. The molecule has 0 saturated carbocycles. The van der Waals surface area contributed by atoms with Crippen molar-refractivity contribution in [2.24, 2.45) is 14.1 Å². The van der Waals surface area contributed by atoms with Crippen molar-refractivity contribution in [1.29, 1.82) is 0 Å². The van der Waals surface area contributed by atoms with Gasteiger partial charge in [0.2, 0.25) is 0 Å². The number of rotatable bonds is 6. The highest BCUT2D eigenvalue weighted by Crippen LogP contribution is 2.35. The molecule has 5 heterocycles. The summed E-state index contributed by atoms with van der Waals surface area (Å²) >= 11 is 0. The minimum Gasteiger partial charge on any atom is -0.481 e. The van der Waals surface area contributed by atoms with Gasteiger partial charge in [0, 0.05) is 66.3 Å². The maximum absolute atomic E-state index is 11.5. The number of carboxylic acids is 2. The van der Waals surface area contributed by atoms with E-state index in [4.69, 9.17) is 9.97 Å². The summed E-state index contributed by atoms with van der Waals surface area (Å²) in [7, 11) is 4.03. The van der Waals surface area contributed by atoms with Crippen molar-refractivity contribution in [2.45, 2.75) is 65.7 Å². The smallest absolute Gasteiger partial charge is 0.303 e. The molecule has 0 amide bonds. The first kappa shape index (κ1) is 27.4. The molecule has 2 aliphatic heterocycles. The zero-order chi connectivity index (χ0) is 28.9. The van der Waals surface area contributed by atoms with Crippen LogP contribution in [0.15, 0.2) is 30.3 Å². The molecule has 208 valence electrons. The number of nitrogens with zero attached hydrogens (tertiary/aromatic N) is 4. The van der Waals surface area contributed by atoms with Crippen LogP contribution in [0.5, 0.6) is 0 Å². The number of hydrogen-bond acceptors (Lipinski definition) is 4. The van der Waals surface area contributed by atoms with Crippen molar-refractivity contribution in [2.75, 3.05) is 0 Å². The maximum atomic E-state index is 11.5. The molecule has 3 aromatic rings. The minimum absolute atomic E-state index is 0.00255. The third-order valence-corrected chi connectivity index (χ3v) is 8.39. The summed E-state index contributed by atoms with van der Waals surface area (Å²) in [5.74, 6) is -1.45. The Balaban J connectivity index is 1.92. The van der Waals surface area contributed by atoms with Gasteiger partial charge in [-0.15, -0.1) is 0 Å². The number of carbonyl (C=O) groups is 2. The Morgan fingerprint density at radius 3 is 2.25 bits per heavy atom. The topological polar surface area (TPSA) is 110 Å². The minimum atomic E-state index is -0.857. The van der Waals surface area contributed by atoms with Gasteiger partial charge in [0.05, 0.1) is 11.4 Å². The molecular weight excluding hydrogens is 504 g/mol. The van der Waals surface area contributed by atoms with Gasteiger partial charge in [0.25, 0.3) is 0 Å². The lowest BCUT2D eigenvalue weighted by atomic mass is 10.0. The maximum Gasteiger partial charge on any atom is 0.303 e. The van der Waals surface area contributed by atoms with Gasteiger partial charge in [-0.1, -0.05) is 6.92 Å². The van der Waals surface area contributed by atoms with Gasteiger partial charge in [-0.3, -0.25) is 14.6 Å². The molecule has 2 aliphatic rings. The Labute approximate surface area is 233 Å². The molecule has 2 N–H and O–H groups in total. The third-order valence-electron chi connectivity index (χ3n) is 8.39. The van der Waals surface area contributed by atoms with Gasteiger partial charge in [-0.25, -0.2) is 4.98 Å². The molecule has 8 nitrogen and oxygen atoms in total. The molecule has 0 saturated heterocycles. The average Bonchev–Trinajstić information content (AvgIpc) is 3.53. The lowest BCUT2D eigenvalue weighted by Crippen LogP contribution is -1.98. The van der Waals surface area contributed by atoms with Gasteiger partial charge in [0.15, 0.2) is 0 Å². The highest BCUT2D eigenvalue weighted by atomic mass is 16.4. The van der Waals surface area contributed by atoms with Crippen molar-refractivity contribution in [1.82, 2.24) is 19.1 Å². The first-order chi connectivity index (χ1) is 18.9. The molecule has 1 atom stereocenters. The van der Waals surface area contributed by atoms with Gasteiger partial charge in [0.1, 0.15) is 0 Å². The molecule has 3 aromatic heterocycles. The van der Waals surface area contributed by atoms with E-state index in [9.17, 15) is 19.8 Å². The van der Waals surface area contributed by atoms with Crippen LogP contribution >= 0.6 is 0 Å². The molecule has 5 rings (SSSR count). The molecule has 0 aromatic carbocycles. The fraction of sp³-hybridized carbons (Fsp3) is 0.375. The quantitative estimate of drug-likeness (QED) is 0.390. The van der Waals surface area contributed by atoms with Crippen molar-refractivity contribution in [3.63, 3.8) is 0 Å². The van der Waals surface area contributed by atoms with Gasteiger partial charge < -0.3 is 19.3 Å². The molecule has 8 heteroatoms. The Morgan fingerprint density at radius 2 is 1.55 bits per heavy atom. The fourth-order valence-corrected chi connectivity index (χ4v) is 6.02. The van der Waals surface area contributed by atoms with Crippen molar-refractivity contribution in [3.05, 3.63) is 69.8 Å². The van der Waals surface area contributed by atoms with E-state index < -0.39 is 11.9 Å². The fourth-order valence-electron chi connectivity index (χ4n) is 6.02. The number of allylic oxidation sites excluding steroid dienone is 2. The molecule has 40 heavy (non-hydrogen) atoms. The summed E-state index contributed by atoms with van der Waals surface area (Å²) < 4.78 is 4.25. The number of aromatic nitrogens is 4. The van der Waals surface area contributed by atoms with Crippen LogP contribution in [0.2, 0.25) is 0 Å². The van der Waals surface area contributed by atoms with Crippen molar-refractivity contribution >= 4 is 45.2 Å². The first-order valence-corrected chi connectivity index (χ1v) is 13.7. The largest absolute Gasteiger partial charge is 0.481 e. The van der Waals surface area contributed by atoms with E-state index >= 15 is 0 Å². The first-order valence-electron chi connectivity index (χ1n) is 13.7. The second-order valence-electron chi connectivity index (χ2n) is 11.1. The summed E-state index contributed by atoms with van der Waals surface area (Å²) in [6.45, 7) is 8.32. The van der Waals surface area contributed by atoms with Crippen LogP contribution in [0.25, 0.3) is 33.2 Å². The lowest BCUT2D eigenvalue weighted by molar-refractivity contribution is -0.137. The van der Waals surface area contributed by atoms with E-state index in [2.05, 4.69) is 47.2 Å². The number of carboxylic acid groups (broad SMARTS) is 2. The number of aliphatic carboxylic acids is 2. The number of hydrogen-bond donors (Lipinski definition) is 2. The summed E-state index contributed by atoms with van der Waals surface area (Å²) in [5.41, 5.74) is 12.5. The van der Waals surface area contributed by atoms with Gasteiger partial charge >= 0.3 is 11.9 Å². The Kier molecular flexibility index (Phi) is 7.12. The van der Waals surface area contributed by atoms with Crippen molar-refractivity contribution in [3.8, 4) is 0 Å². The van der Waals surface area contributed by atoms with E-state index in [1.165, 1.54) is 0 Å². The van der Waals surface area contributed by atoms with Gasteiger partial charge in [-0.05, 0) is 98.2 Å². The SMILES string of the molecule is CC1=C(CCC(=O)O)c2cc3c(CCC(=O)O)c(C)c(cc4nc(cc5c(C)cc(cc1n2)n5C)CC4C)n3C. The molecule has 0 fully saturated rings. The molecule has 0 radical (unpaired) electrons. The highest BCUT2D eigenvalue weighted by Gasteiger charge is 2.21. The average molecular weight is 541 g/mol. The van der Waals surface area contributed by atoms with E-state index in [0.717, 1.165) is 79.1 Å². The second kappa shape index (κ2) is 10.4. The van der Waals surface area contributed by atoms with Crippen LogP contribution in [0.3, 0.4) is 0 Å². The van der Waals surface area contributed by atoms with E-state index in [-0.39, 0.29) is 18.8 Å². The van der Waals surface area contributed by atoms with Crippen LogP contribution in [-0.4, -0.2) is 41.3 Å². The lowest BCUT2D eigenvalue weighted by Gasteiger charge is -2.04. The Bertz CT molecular complexity index is 1760. The normalized spacial score (nSPS) is 15.1. The monoisotopic (exact) mass is 540 g/mol. The summed E-state index contributed by atoms with van der Waals surface area (Å²) in [6.07, 6.45) is 1.61. The standard InChI is InChI=1S/C32H36N4O4/c1-17-11-21-13-28-18(2)12-22(35(28)5)14-26-19(3)23(7-9-31(37)38)27(34-26)16-30-24(8-10-32(39)40)20(4)29(36(30)6)15-25(17)33-21/h12-17H,7-11H2,1-6H3,(H,37,38)(H,39,40). The van der Waals surface area contributed by atoms with E-state index in [1.54, 1.807) is 0 Å². The predicted octanol–water partition coefficient (Wildman–Crippen LogP) is 6.11. The Morgan fingerprint density at radius 1 is 0.850 bits per heavy atom. The molecule has 8 bridgehead atoms. The Hall–Kier alpha value is -4.20. The van der Waals surface area contributed by atoms with Gasteiger partial charge in [-0.2, -0.15) is 0 Å². The molecule has 1 unspecified atom stereocenters. The van der Waals surface area contributed by atoms with Crippen LogP contribution in [0.4, 0.5) is 0 Å². The van der Waals surface area contributed by atoms with E-state index in [0.29, 0.717) is 12.8 Å². The zero-order valence-corrected chi connectivity index (χ0v) is 24.0. The second-order valence-corrected chi connectivity index (χ2v) is 11.1. The molecular formula is C32H36N4O4.